The molecule has 3 N–H and O–H groups in total. The van der Waals surface area contributed by atoms with Gasteiger partial charge in [-0.2, -0.15) is 18.4 Å². The average molecular weight is 297 g/mol. The molecule has 1 saturated heterocycles. The van der Waals surface area contributed by atoms with Crippen LogP contribution in [0.1, 0.15) is 5.56 Å². The van der Waals surface area contributed by atoms with Gasteiger partial charge in [0.15, 0.2) is 0 Å². The van der Waals surface area contributed by atoms with Gasteiger partial charge >= 0.3 is 6.18 Å². The first-order valence-corrected chi connectivity index (χ1v) is 5.95. The van der Waals surface area contributed by atoms with Gasteiger partial charge in [-0.05, 0) is 18.6 Å². The largest absolute Gasteiger partial charge is 0.443 e. The normalized spacial score (nSPS) is 25.4. The summed E-state index contributed by atoms with van der Waals surface area (Å²) in [7, 11) is 0. The summed E-state index contributed by atoms with van der Waals surface area (Å²) in [6.07, 6.45) is -3.49. The number of carbonyl (C=O) groups is 1. The Morgan fingerprint density at radius 2 is 2.19 bits per heavy atom. The molecule has 21 heavy (non-hydrogen) atoms. The van der Waals surface area contributed by atoms with Gasteiger partial charge in [0.2, 0.25) is 0 Å². The Labute approximate surface area is 118 Å². The highest BCUT2D eigenvalue weighted by atomic mass is 19.4. The Hall–Kier alpha value is -2.56. The van der Waals surface area contributed by atoms with Crippen molar-refractivity contribution in [2.75, 3.05) is 5.32 Å². The maximum atomic E-state index is 13.5. The molecule has 1 aromatic rings. The fourth-order valence-electron chi connectivity index (χ4n) is 2.17. The van der Waals surface area contributed by atoms with Crippen molar-refractivity contribution >= 4 is 11.7 Å². The molecule has 8 heteroatoms. The second-order valence-electron chi connectivity index (χ2n) is 4.75. The molecule has 2 rings (SSSR count). The molecule has 1 aromatic heterocycles. The number of nitriles is 1. The third kappa shape index (κ3) is 2.20. The smallest absolute Gasteiger partial charge is 0.325 e. The summed E-state index contributed by atoms with van der Waals surface area (Å²) in [5.74, 6) is -3.14. The van der Waals surface area contributed by atoms with Gasteiger partial charge in [0.1, 0.15) is 5.92 Å². The summed E-state index contributed by atoms with van der Waals surface area (Å²) in [4.78, 5) is 14.5. The zero-order valence-corrected chi connectivity index (χ0v) is 11.0. The molecule has 0 aliphatic carbocycles. The first-order valence-electron chi connectivity index (χ1n) is 5.95. The predicted octanol–water partition coefficient (Wildman–Crippen LogP) is 1.31. The molecule has 1 fully saturated rings. The summed E-state index contributed by atoms with van der Waals surface area (Å²) in [5.41, 5.74) is -2.54. The summed E-state index contributed by atoms with van der Waals surface area (Å²) < 4.78 is 40.5. The van der Waals surface area contributed by atoms with Crippen LogP contribution in [0.2, 0.25) is 0 Å². The molecule has 1 amide bonds. The van der Waals surface area contributed by atoms with Gasteiger partial charge in [-0.15, -0.1) is 0 Å². The van der Waals surface area contributed by atoms with Crippen LogP contribution in [0.4, 0.5) is 19.0 Å². The summed E-state index contributed by atoms with van der Waals surface area (Å²) in [6, 6.07) is 4.44. The minimum Gasteiger partial charge on any atom is -0.325 e. The Balaban J connectivity index is 2.53. The second-order valence-corrected chi connectivity index (χ2v) is 4.75. The number of rotatable bonds is 2. The van der Waals surface area contributed by atoms with Gasteiger partial charge < -0.3 is 5.32 Å². The van der Waals surface area contributed by atoms with Crippen molar-refractivity contribution in [2.24, 2.45) is 5.92 Å². The Bertz CT molecular complexity index is 632. The second kappa shape index (κ2) is 4.77. The zero-order valence-electron chi connectivity index (χ0n) is 11.0. The van der Waals surface area contributed by atoms with E-state index in [0.29, 0.717) is 0 Å². The highest BCUT2D eigenvalue weighted by Gasteiger charge is 2.73. The van der Waals surface area contributed by atoms with Crippen molar-refractivity contribution in [1.82, 2.24) is 5.32 Å². The number of hydrogen-bond acceptors (Lipinski definition) is 3. The number of amides is 1. The SMILES string of the molecule is C=C1NC(=O)[C@](Nc2ccc(C)c[nH+]2)(C(F)(F)F)[C@@H]1C#N. The van der Waals surface area contributed by atoms with Crippen molar-refractivity contribution in [3.63, 3.8) is 0 Å². The number of aromatic amines is 1. The van der Waals surface area contributed by atoms with Crippen LogP contribution in [0.25, 0.3) is 0 Å². The van der Waals surface area contributed by atoms with Crippen molar-refractivity contribution in [3.8, 4) is 6.07 Å². The standard InChI is InChI=1S/C13H11F3N4O/c1-7-3-4-10(18-6-7)20-12(13(14,15)16)9(5-17)8(2)19-11(12)21/h3-4,6,9H,2H2,1H3,(H,18,20)(H,19,21)/p+1/t9-,12+/m1/s1. The summed E-state index contributed by atoms with van der Waals surface area (Å²) in [6.45, 7) is 5.07. The number of aryl methyl sites for hydroxylation is 1. The number of nitrogens with one attached hydrogen (secondary N) is 3. The summed E-state index contributed by atoms with van der Waals surface area (Å²) >= 11 is 0. The molecule has 2 heterocycles. The third-order valence-corrected chi connectivity index (χ3v) is 3.29. The van der Waals surface area contributed by atoms with Gasteiger partial charge in [0, 0.05) is 11.8 Å². The molecule has 0 bridgehead atoms. The van der Waals surface area contributed by atoms with E-state index in [2.05, 4.69) is 16.9 Å². The molecule has 1 aliphatic rings. The first-order chi connectivity index (χ1) is 9.72. The van der Waals surface area contributed by atoms with Crippen LogP contribution in [0.5, 0.6) is 0 Å². The number of halogens is 3. The average Bonchev–Trinajstić information content (AvgIpc) is 2.63. The number of H-pyrrole nitrogens is 1. The molecule has 0 aromatic carbocycles. The fourth-order valence-corrected chi connectivity index (χ4v) is 2.17. The van der Waals surface area contributed by atoms with Crippen molar-refractivity contribution in [1.29, 1.82) is 5.26 Å². The minimum atomic E-state index is -4.98. The molecule has 2 atom stereocenters. The predicted molar refractivity (Wildman–Crippen MR) is 66.5 cm³/mol. The van der Waals surface area contributed by atoms with Crippen LogP contribution in [0.3, 0.4) is 0 Å². The molecule has 0 unspecified atom stereocenters. The monoisotopic (exact) mass is 297 g/mol. The highest BCUT2D eigenvalue weighted by Crippen LogP contribution is 2.44. The van der Waals surface area contributed by atoms with Crippen LogP contribution in [-0.2, 0) is 4.79 Å². The molecular formula is C13H12F3N4O+. The van der Waals surface area contributed by atoms with Crippen LogP contribution in [0, 0.1) is 24.2 Å². The van der Waals surface area contributed by atoms with E-state index in [1.807, 2.05) is 5.32 Å². The van der Waals surface area contributed by atoms with Crippen LogP contribution in [0.15, 0.2) is 30.6 Å². The van der Waals surface area contributed by atoms with Gasteiger partial charge in [0.05, 0.1) is 12.3 Å². The summed E-state index contributed by atoms with van der Waals surface area (Å²) in [5, 5.41) is 13.1. The van der Waals surface area contributed by atoms with Gasteiger partial charge in [-0.25, -0.2) is 4.98 Å². The Morgan fingerprint density at radius 1 is 1.52 bits per heavy atom. The molecule has 1 aliphatic heterocycles. The van der Waals surface area contributed by atoms with E-state index < -0.39 is 23.5 Å². The van der Waals surface area contributed by atoms with Gasteiger partial charge in [-0.3, -0.25) is 10.1 Å². The topological polar surface area (TPSA) is 79.1 Å². The maximum Gasteiger partial charge on any atom is 0.443 e. The van der Waals surface area contributed by atoms with E-state index in [1.165, 1.54) is 18.3 Å². The maximum absolute atomic E-state index is 13.5. The molecule has 0 radical (unpaired) electrons. The fraction of sp³-hybridized carbons (Fsp3) is 0.308. The van der Waals surface area contributed by atoms with Gasteiger partial charge in [-0.1, -0.05) is 6.58 Å². The lowest BCUT2D eigenvalue weighted by Crippen LogP contribution is -2.61. The van der Waals surface area contributed by atoms with E-state index >= 15 is 0 Å². The first kappa shape index (κ1) is 14.8. The van der Waals surface area contributed by atoms with E-state index in [9.17, 15) is 18.0 Å². The molecule has 0 saturated carbocycles. The van der Waals surface area contributed by atoms with E-state index in [4.69, 9.17) is 5.26 Å². The highest BCUT2D eigenvalue weighted by molar-refractivity contribution is 5.96. The molecule has 0 spiro atoms. The van der Waals surface area contributed by atoms with E-state index in [-0.39, 0.29) is 11.5 Å². The van der Waals surface area contributed by atoms with E-state index in [0.717, 1.165) is 5.56 Å². The lowest BCUT2D eigenvalue weighted by atomic mass is 9.85. The molecule has 110 valence electrons. The molecule has 5 nitrogen and oxygen atoms in total. The van der Waals surface area contributed by atoms with E-state index in [1.54, 1.807) is 13.0 Å². The molecular weight excluding hydrogens is 285 g/mol. The van der Waals surface area contributed by atoms with Crippen LogP contribution < -0.4 is 15.6 Å². The lowest BCUT2D eigenvalue weighted by molar-refractivity contribution is -0.363. The number of carbonyl (C=O) groups excluding carboxylic acids is 1. The number of pyridine rings is 1. The van der Waals surface area contributed by atoms with Crippen LogP contribution >= 0.6 is 0 Å². The number of anilines is 1. The van der Waals surface area contributed by atoms with Crippen molar-refractivity contribution in [2.45, 2.75) is 18.6 Å². The number of hydrogen-bond donors (Lipinski definition) is 2. The Kier molecular flexibility index (Phi) is 3.37. The van der Waals surface area contributed by atoms with Crippen molar-refractivity contribution < 1.29 is 22.9 Å². The lowest BCUT2D eigenvalue weighted by Gasteiger charge is -2.27. The third-order valence-electron chi connectivity index (χ3n) is 3.29. The van der Waals surface area contributed by atoms with Crippen LogP contribution in [-0.4, -0.2) is 17.6 Å². The zero-order chi connectivity index (χ0) is 15.8. The minimum absolute atomic E-state index is 0.0250. The number of alkyl halides is 3. The number of aromatic nitrogens is 1. The van der Waals surface area contributed by atoms with Gasteiger partial charge in [0.25, 0.3) is 17.3 Å². The quantitative estimate of drug-likeness (QED) is 0.863. The number of nitrogens with zero attached hydrogens (tertiary/aromatic N) is 1. The van der Waals surface area contributed by atoms with Crippen molar-refractivity contribution in [3.05, 3.63) is 36.2 Å². The Morgan fingerprint density at radius 3 is 2.67 bits per heavy atom.